The minimum atomic E-state index is 0.0603. The second-order valence-corrected chi connectivity index (χ2v) is 4.05. The van der Waals surface area contributed by atoms with Gasteiger partial charge in [-0.05, 0) is 24.3 Å². The third-order valence-electron chi connectivity index (χ3n) is 2.62. The van der Waals surface area contributed by atoms with Crippen molar-refractivity contribution in [2.45, 2.75) is 0 Å². The van der Waals surface area contributed by atoms with Gasteiger partial charge >= 0.3 is 0 Å². The predicted molar refractivity (Wildman–Crippen MR) is 64.8 cm³/mol. The summed E-state index contributed by atoms with van der Waals surface area (Å²) < 4.78 is 5.59. The first kappa shape index (κ1) is 9.36. The van der Waals surface area contributed by atoms with E-state index in [0.29, 0.717) is 21.9 Å². The molecule has 0 radical (unpaired) electrons. The third kappa shape index (κ3) is 1.15. The largest absolute Gasteiger partial charge is 0.506 e. The maximum atomic E-state index is 9.56. The molecule has 2 aromatic carbocycles. The summed E-state index contributed by atoms with van der Waals surface area (Å²) in [7, 11) is 0. The maximum absolute atomic E-state index is 9.56. The summed E-state index contributed by atoms with van der Waals surface area (Å²) in [4.78, 5) is 0. The zero-order valence-corrected chi connectivity index (χ0v) is 8.95. The van der Waals surface area contributed by atoms with E-state index in [9.17, 15) is 5.11 Å². The number of phenols is 1. The fraction of sp³-hybridized carbons (Fsp3) is 0. The Morgan fingerprint density at radius 1 is 1.12 bits per heavy atom. The van der Waals surface area contributed by atoms with Crippen LogP contribution in [0.5, 0.6) is 5.75 Å². The summed E-state index contributed by atoms with van der Waals surface area (Å²) in [6, 6.07) is 8.53. The summed E-state index contributed by atoms with van der Waals surface area (Å²) in [5, 5.41) is 11.7. The van der Waals surface area contributed by atoms with E-state index in [0.717, 1.165) is 10.8 Å². The molecule has 0 atom stereocenters. The summed E-state index contributed by atoms with van der Waals surface area (Å²) in [5.74, 6) is 0.0603. The van der Waals surface area contributed by atoms with Crippen molar-refractivity contribution in [1.29, 1.82) is 0 Å². The molecule has 0 spiro atoms. The monoisotopic (exact) mass is 233 g/mol. The molecule has 3 nitrogen and oxygen atoms in total. The molecule has 0 amide bonds. The van der Waals surface area contributed by atoms with E-state index >= 15 is 0 Å². The van der Waals surface area contributed by atoms with Crippen molar-refractivity contribution in [2.75, 3.05) is 5.73 Å². The van der Waals surface area contributed by atoms with Gasteiger partial charge in [-0.3, -0.25) is 0 Å². The first-order chi connectivity index (χ1) is 7.66. The van der Waals surface area contributed by atoms with Gasteiger partial charge in [-0.15, -0.1) is 0 Å². The lowest BCUT2D eigenvalue weighted by Gasteiger charge is -1.98. The molecule has 1 heterocycles. The summed E-state index contributed by atoms with van der Waals surface area (Å²) in [5.41, 5.74) is 7.47. The number of fused-ring (bicyclic) bond motifs is 3. The van der Waals surface area contributed by atoms with E-state index in [4.69, 9.17) is 21.8 Å². The van der Waals surface area contributed by atoms with Crippen molar-refractivity contribution in [2.24, 2.45) is 0 Å². The van der Waals surface area contributed by atoms with Crippen molar-refractivity contribution in [3.8, 4) is 5.75 Å². The van der Waals surface area contributed by atoms with Crippen LogP contribution in [0.2, 0.25) is 5.02 Å². The minimum Gasteiger partial charge on any atom is -0.506 e. The highest BCUT2D eigenvalue weighted by molar-refractivity contribution is 6.31. The van der Waals surface area contributed by atoms with Gasteiger partial charge in [-0.25, -0.2) is 0 Å². The number of anilines is 1. The highest BCUT2D eigenvalue weighted by atomic mass is 35.5. The van der Waals surface area contributed by atoms with E-state index in [1.807, 2.05) is 6.07 Å². The molecular weight excluding hydrogens is 226 g/mol. The van der Waals surface area contributed by atoms with E-state index in [-0.39, 0.29) is 5.75 Å². The lowest BCUT2D eigenvalue weighted by molar-refractivity contribution is 0.478. The quantitative estimate of drug-likeness (QED) is 0.461. The Kier molecular flexibility index (Phi) is 1.79. The Labute approximate surface area is 96.0 Å². The van der Waals surface area contributed by atoms with Crippen molar-refractivity contribution in [1.82, 2.24) is 0 Å². The standard InChI is InChI=1S/C12H8ClNO2/c13-6-1-2-7-10(5-6)16-9-4-3-8(15)12(14)11(7)9/h1-5,15H,14H2. The van der Waals surface area contributed by atoms with Gasteiger partial charge in [0.05, 0.1) is 11.1 Å². The van der Waals surface area contributed by atoms with Gasteiger partial charge in [-0.2, -0.15) is 0 Å². The number of furan rings is 1. The second kappa shape index (κ2) is 3.06. The van der Waals surface area contributed by atoms with Gasteiger partial charge < -0.3 is 15.3 Å². The van der Waals surface area contributed by atoms with Gasteiger partial charge in [0.25, 0.3) is 0 Å². The van der Waals surface area contributed by atoms with Crippen LogP contribution in [-0.2, 0) is 0 Å². The normalized spacial score (nSPS) is 11.3. The van der Waals surface area contributed by atoms with Crippen molar-refractivity contribution >= 4 is 39.2 Å². The predicted octanol–water partition coefficient (Wildman–Crippen LogP) is 3.53. The van der Waals surface area contributed by atoms with Gasteiger partial charge in [0, 0.05) is 16.5 Å². The van der Waals surface area contributed by atoms with E-state index < -0.39 is 0 Å². The lowest BCUT2D eigenvalue weighted by atomic mass is 10.1. The fourth-order valence-electron chi connectivity index (χ4n) is 1.86. The van der Waals surface area contributed by atoms with Crippen LogP contribution in [0, 0.1) is 0 Å². The molecule has 3 N–H and O–H groups in total. The average Bonchev–Trinajstić information content (AvgIpc) is 2.61. The van der Waals surface area contributed by atoms with Gasteiger partial charge in [0.2, 0.25) is 0 Å². The molecule has 0 aliphatic carbocycles. The van der Waals surface area contributed by atoms with Crippen molar-refractivity contribution in [3.05, 3.63) is 35.4 Å². The van der Waals surface area contributed by atoms with Crippen LogP contribution < -0.4 is 5.73 Å². The minimum absolute atomic E-state index is 0.0603. The first-order valence-corrected chi connectivity index (χ1v) is 5.14. The van der Waals surface area contributed by atoms with Gasteiger partial charge in [-0.1, -0.05) is 11.6 Å². The molecule has 16 heavy (non-hydrogen) atoms. The number of rotatable bonds is 0. The zero-order valence-electron chi connectivity index (χ0n) is 8.20. The van der Waals surface area contributed by atoms with Crippen LogP contribution in [0.15, 0.2) is 34.7 Å². The van der Waals surface area contributed by atoms with Gasteiger partial charge in [0.15, 0.2) is 0 Å². The van der Waals surface area contributed by atoms with Crippen LogP contribution in [-0.4, -0.2) is 5.11 Å². The highest BCUT2D eigenvalue weighted by Gasteiger charge is 2.12. The molecule has 4 heteroatoms. The molecule has 3 rings (SSSR count). The van der Waals surface area contributed by atoms with Gasteiger partial charge in [0.1, 0.15) is 16.9 Å². The number of benzene rings is 2. The topological polar surface area (TPSA) is 59.4 Å². The molecule has 0 aliphatic rings. The zero-order chi connectivity index (χ0) is 11.3. The number of hydrogen-bond donors (Lipinski definition) is 2. The Balaban J connectivity index is 2.57. The second-order valence-electron chi connectivity index (χ2n) is 3.61. The van der Waals surface area contributed by atoms with Crippen LogP contribution >= 0.6 is 11.6 Å². The Hall–Kier alpha value is -1.87. The van der Waals surface area contributed by atoms with E-state index in [1.54, 1.807) is 18.2 Å². The van der Waals surface area contributed by atoms with E-state index in [1.165, 1.54) is 6.07 Å². The summed E-state index contributed by atoms with van der Waals surface area (Å²) in [6.07, 6.45) is 0. The maximum Gasteiger partial charge on any atom is 0.139 e. The molecule has 0 saturated carbocycles. The van der Waals surface area contributed by atoms with E-state index in [2.05, 4.69) is 0 Å². The Bertz CT molecular complexity index is 702. The molecular formula is C12H8ClNO2. The number of nitrogen functional groups attached to an aromatic ring is 1. The molecule has 0 aliphatic heterocycles. The average molecular weight is 234 g/mol. The summed E-state index contributed by atoms with van der Waals surface area (Å²) in [6.45, 7) is 0. The van der Waals surface area contributed by atoms with Crippen LogP contribution in [0.1, 0.15) is 0 Å². The highest BCUT2D eigenvalue weighted by Crippen LogP contribution is 2.37. The van der Waals surface area contributed by atoms with Crippen LogP contribution in [0.25, 0.3) is 21.9 Å². The lowest BCUT2D eigenvalue weighted by Crippen LogP contribution is -1.85. The fourth-order valence-corrected chi connectivity index (χ4v) is 2.02. The molecule has 0 saturated heterocycles. The number of nitrogens with two attached hydrogens (primary N) is 1. The first-order valence-electron chi connectivity index (χ1n) is 4.76. The molecule has 0 fully saturated rings. The Morgan fingerprint density at radius 2 is 1.94 bits per heavy atom. The molecule has 0 unspecified atom stereocenters. The third-order valence-corrected chi connectivity index (χ3v) is 2.85. The van der Waals surface area contributed by atoms with Crippen LogP contribution in [0.3, 0.4) is 0 Å². The number of hydrogen-bond acceptors (Lipinski definition) is 3. The number of phenolic OH excluding ortho intramolecular Hbond substituents is 1. The SMILES string of the molecule is Nc1c(O)ccc2oc3cc(Cl)ccc3c12. The Morgan fingerprint density at radius 3 is 2.75 bits per heavy atom. The molecule has 0 bridgehead atoms. The molecule has 80 valence electrons. The molecule has 1 aromatic heterocycles. The number of halogens is 1. The summed E-state index contributed by atoms with van der Waals surface area (Å²) >= 11 is 5.88. The van der Waals surface area contributed by atoms with Crippen molar-refractivity contribution in [3.63, 3.8) is 0 Å². The van der Waals surface area contributed by atoms with Crippen LogP contribution in [0.4, 0.5) is 5.69 Å². The smallest absolute Gasteiger partial charge is 0.139 e. The van der Waals surface area contributed by atoms with Crippen molar-refractivity contribution < 1.29 is 9.52 Å². The molecule has 3 aromatic rings. The number of aromatic hydroxyl groups is 1.